The standard InChI is InChI=1S/C26H30N4O3/c1-17-25(32)24(26(27)33)29-23(28-17)16-19-10-13-30(14-11-19)22-8-6-21(7-9-22)20-4-2-18(3-5-20)12-15-31/h2-9,19,31-32H,10-16H2,1H3,(H2,27,33). The Bertz CT molecular complexity index is 1110. The topological polar surface area (TPSA) is 113 Å². The first kappa shape index (κ1) is 22.7. The molecule has 172 valence electrons. The molecule has 0 saturated carbocycles. The van der Waals surface area contributed by atoms with Crippen molar-refractivity contribution in [2.75, 3.05) is 24.6 Å². The SMILES string of the molecule is Cc1nc(CC2CCN(c3ccc(-c4ccc(CCO)cc4)cc3)CC2)nc(C(N)=O)c1O. The summed E-state index contributed by atoms with van der Waals surface area (Å²) in [6, 6.07) is 17.0. The number of hydrogen-bond donors (Lipinski definition) is 3. The fraction of sp³-hybridized carbons (Fsp3) is 0.346. The molecule has 0 aliphatic carbocycles. The van der Waals surface area contributed by atoms with Crippen LogP contribution in [0, 0.1) is 12.8 Å². The molecule has 1 amide bonds. The maximum atomic E-state index is 11.5. The molecule has 0 bridgehead atoms. The summed E-state index contributed by atoms with van der Waals surface area (Å²) in [7, 11) is 0. The Morgan fingerprint density at radius 3 is 2.21 bits per heavy atom. The van der Waals surface area contributed by atoms with Gasteiger partial charge in [-0.15, -0.1) is 0 Å². The van der Waals surface area contributed by atoms with Crippen LogP contribution in [-0.2, 0) is 12.8 Å². The molecule has 1 aliphatic rings. The minimum Gasteiger partial charge on any atom is -0.504 e. The van der Waals surface area contributed by atoms with Gasteiger partial charge in [-0.05, 0) is 60.9 Å². The maximum absolute atomic E-state index is 11.5. The number of aryl methyl sites for hydroxylation is 1. The van der Waals surface area contributed by atoms with Gasteiger partial charge in [-0.2, -0.15) is 0 Å². The molecule has 3 aromatic rings. The fourth-order valence-electron chi connectivity index (χ4n) is 4.40. The lowest BCUT2D eigenvalue weighted by atomic mass is 9.92. The zero-order chi connectivity index (χ0) is 23.4. The van der Waals surface area contributed by atoms with Gasteiger partial charge in [-0.25, -0.2) is 9.97 Å². The lowest BCUT2D eigenvalue weighted by Crippen LogP contribution is -2.34. The number of amides is 1. The van der Waals surface area contributed by atoms with Crippen molar-refractivity contribution in [2.45, 2.75) is 32.6 Å². The van der Waals surface area contributed by atoms with E-state index in [0.29, 0.717) is 30.3 Å². The van der Waals surface area contributed by atoms with Crippen LogP contribution in [0.25, 0.3) is 11.1 Å². The van der Waals surface area contributed by atoms with E-state index in [4.69, 9.17) is 10.8 Å². The van der Waals surface area contributed by atoms with Crippen LogP contribution < -0.4 is 10.6 Å². The molecule has 7 heteroatoms. The van der Waals surface area contributed by atoms with Crippen molar-refractivity contribution in [3.63, 3.8) is 0 Å². The van der Waals surface area contributed by atoms with E-state index in [1.165, 1.54) is 16.8 Å². The fourth-order valence-corrected chi connectivity index (χ4v) is 4.40. The Labute approximate surface area is 193 Å². The van der Waals surface area contributed by atoms with Gasteiger partial charge in [0.15, 0.2) is 11.4 Å². The average molecular weight is 447 g/mol. The third-order valence-corrected chi connectivity index (χ3v) is 6.34. The van der Waals surface area contributed by atoms with Crippen LogP contribution >= 0.6 is 0 Å². The van der Waals surface area contributed by atoms with Gasteiger partial charge in [0, 0.05) is 31.8 Å². The second-order valence-corrected chi connectivity index (χ2v) is 8.64. The van der Waals surface area contributed by atoms with E-state index in [2.05, 4.69) is 63.4 Å². The van der Waals surface area contributed by atoms with Gasteiger partial charge in [-0.3, -0.25) is 4.79 Å². The number of aliphatic hydroxyl groups excluding tert-OH is 1. The largest absolute Gasteiger partial charge is 0.504 e. The highest BCUT2D eigenvalue weighted by Crippen LogP contribution is 2.28. The lowest BCUT2D eigenvalue weighted by molar-refractivity contribution is 0.0991. The molecule has 33 heavy (non-hydrogen) atoms. The van der Waals surface area contributed by atoms with Gasteiger partial charge < -0.3 is 20.8 Å². The highest BCUT2D eigenvalue weighted by Gasteiger charge is 2.22. The maximum Gasteiger partial charge on any atom is 0.271 e. The van der Waals surface area contributed by atoms with Crippen LogP contribution in [0.5, 0.6) is 5.75 Å². The van der Waals surface area contributed by atoms with E-state index in [9.17, 15) is 9.90 Å². The number of carbonyl (C=O) groups is 1. The Morgan fingerprint density at radius 2 is 1.64 bits per heavy atom. The van der Waals surface area contributed by atoms with E-state index in [0.717, 1.165) is 31.5 Å². The molecule has 1 fully saturated rings. The minimum atomic E-state index is -0.737. The third-order valence-electron chi connectivity index (χ3n) is 6.34. The molecule has 0 spiro atoms. The van der Waals surface area contributed by atoms with Crippen LogP contribution in [0.4, 0.5) is 5.69 Å². The number of aliphatic hydroxyl groups is 1. The highest BCUT2D eigenvalue weighted by atomic mass is 16.3. The molecule has 0 atom stereocenters. The summed E-state index contributed by atoms with van der Waals surface area (Å²) in [5, 5.41) is 19.0. The smallest absolute Gasteiger partial charge is 0.271 e. The molecule has 1 saturated heterocycles. The molecule has 0 radical (unpaired) electrons. The normalized spacial score (nSPS) is 14.4. The predicted octanol–water partition coefficient (Wildman–Crippen LogP) is 3.25. The molecule has 0 unspecified atom stereocenters. The average Bonchev–Trinajstić information content (AvgIpc) is 2.82. The molecule has 2 heterocycles. The lowest BCUT2D eigenvalue weighted by Gasteiger charge is -2.33. The zero-order valence-electron chi connectivity index (χ0n) is 18.9. The number of rotatable bonds is 7. The van der Waals surface area contributed by atoms with Gasteiger partial charge >= 0.3 is 0 Å². The van der Waals surface area contributed by atoms with Crippen molar-refractivity contribution in [1.82, 2.24) is 9.97 Å². The van der Waals surface area contributed by atoms with Crippen LogP contribution in [0.1, 0.15) is 40.4 Å². The third kappa shape index (κ3) is 5.31. The molecule has 2 aromatic carbocycles. The Morgan fingerprint density at radius 1 is 1.03 bits per heavy atom. The van der Waals surface area contributed by atoms with Crippen LogP contribution in [-0.4, -0.2) is 45.8 Å². The van der Waals surface area contributed by atoms with Crippen molar-refractivity contribution in [1.29, 1.82) is 0 Å². The van der Waals surface area contributed by atoms with E-state index >= 15 is 0 Å². The first-order valence-electron chi connectivity index (χ1n) is 11.4. The number of piperidine rings is 1. The van der Waals surface area contributed by atoms with Gasteiger partial charge in [0.05, 0.1) is 5.69 Å². The molecular formula is C26H30N4O3. The number of hydrogen-bond acceptors (Lipinski definition) is 6. The predicted molar refractivity (Wildman–Crippen MR) is 128 cm³/mol. The van der Waals surface area contributed by atoms with E-state index in [1.807, 2.05) is 0 Å². The van der Waals surface area contributed by atoms with Gasteiger partial charge in [0.2, 0.25) is 0 Å². The summed E-state index contributed by atoms with van der Waals surface area (Å²) in [5.41, 5.74) is 10.3. The van der Waals surface area contributed by atoms with E-state index < -0.39 is 5.91 Å². The van der Waals surface area contributed by atoms with Crippen molar-refractivity contribution >= 4 is 11.6 Å². The number of benzene rings is 2. The zero-order valence-corrected chi connectivity index (χ0v) is 18.9. The van der Waals surface area contributed by atoms with Crippen LogP contribution in [0.3, 0.4) is 0 Å². The summed E-state index contributed by atoms with van der Waals surface area (Å²) >= 11 is 0. The summed E-state index contributed by atoms with van der Waals surface area (Å²) in [5.74, 6) is 0.0128. The minimum absolute atomic E-state index is 0.0990. The van der Waals surface area contributed by atoms with Crippen molar-refractivity contribution in [3.05, 3.63) is 71.3 Å². The number of anilines is 1. The van der Waals surface area contributed by atoms with E-state index in [-0.39, 0.29) is 18.1 Å². The molecular weight excluding hydrogens is 416 g/mol. The Kier molecular flexibility index (Phi) is 6.89. The summed E-state index contributed by atoms with van der Waals surface area (Å²) in [4.78, 5) is 22.5. The molecule has 1 aromatic heterocycles. The quantitative estimate of drug-likeness (QED) is 0.514. The highest BCUT2D eigenvalue weighted by molar-refractivity contribution is 5.93. The second-order valence-electron chi connectivity index (χ2n) is 8.64. The van der Waals surface area contributed by atoms with Crippen LogP contribution in [0.2, 0.25) is 0 Å². The summed E-state index contributed by atoms with van der Waals surface area (Å²) in [6.07, 6.45) is 3.35. The van der Waals surface area contributed by atoms with Gasteiger partial charge in [0.25, 0.3) is 5.91 Å². The molecule has 1 aliphatic heterocycles. The van der Waals surface area contributed by atoms with E-state index in [1.54, 1.807) is 6.92 Å². The second kappa shape index (κ2) is 10.0. The van der Waals surface area contributed by atoms with Crippen molar-refractivity contribution in [3.8, 4) is 16.9 Å². The molecule has 4 rings (SSSR count). The number of nitrogens with zero attached hydrogens (tertiary/aromatic N) is 3. The van der Waals surface area contributed by atoms with Gasteiger partial charge in [-0.1, -0.05) is 36.4 Å². The van der Waals surface area contributed by atoms with Gasteiger partial charge in [0.1, 0.15) is 5.82 Å². The van der Waals surface area contributed by atoms with Crippen molar-refractivity contribution < 1.29 is 15.0 Å². The number of carbonyl (C=O) groups excluding carboxylic acids is 1. The number of primary amides is 1. The number of aromatic hydroxyl groups is 1. The van der Waals surface area contributed by atoms with Crippen molar-refractivity contribution in [2.24, 2.45) is 11.7 Å². The monoisotopic (exact) mass is 446 g/mol. The molecule has 7 nitrogen and oxygen atoms in total. The van der Waals surface area contributed by atoms with Crippen LogP contribution in [0.15, 0.2) is 48.5 Å². The first-order valence-corrected chi connectivity index (χ1v) is 11.4. The number of aromatic nitrogens is 2. The molecule has 4 N–H and O–H groups in total. The summed E-state index contributed by atoms with van der Waals surface area (Å²) in [6.45, 7) is 3.71. The Hall–Kier alpha value is -3.45. The Balaban J connectivity index is 1.36. The first-order chi connectivity index (χ1) is 15.9. The number of nitrogens with two attached hydrogens (primary N) is 1. The summed E-state index contributed by atoms with van der Waals surface area (Å²) < 4.78 is 0.